The molecule has 1 aromatic carbocycles. The molecule has 1 saturated heterocycles. The molecule has 1 amide bonds. The molecule has 0 unspecified atom stereocenters. The second kappa shape index (κ2) is 5.63. The predicted molar refractivity (Wildman–Crippen MR) is 78.6 cm³/mol. The molecule has 0 saturated carbocycles. The van der Waals surface area contributed by atoms with Gasteiger partial charge in [0.05, 0.1) is 17.6 Å². The third kappa shape index (κ3) is 2.67. The number of aromatic nitrogens is 2. The first-order chi connectivity index (χ1) is 9.76. The van der Waals surface area contributed by atoms with Crippen LogP contribution < -0.4 is 5.32 Å². The van der Waals surface area contributed by atoms with Crippen molar-refractivity contribution in [3.05, 3.63) is 30.1 Å². The fourth-order valence-electron chi connectivity index (χ4n) is 2.81. The topological polar surface area (TPSA) is 61.0 Å². The summed E-state index contributed by atoms with van der Waals surface area (Å²) >= 11 is 0. The predicted octanol–water partition coefficient (Wildman–Crippen LogP) is 1.49. The molecule has 1 aromatic heterocycles. The van der Waals surface area contributed by atoms with Crippen LogP contribution in [0, 0.1) is 0 Å². The van der Waals surface area contributed by atoms with Crippen LogP contribution in [-0.2, 0) is 4.79 Å². The largest absolute Gasteiger partial charge is 0.358 e. The lowest BCUT2D eigenvalue weighted by molar-refractivity contribution is -0.122. The molecule has 5 heteroatoms. The Morgan fingerprint density at radius 1 is 1.40 bits per heavy atom. The highest BCUT2D eigenvalue weighted by molar-refractivity contribution is 5.77. The van der Waals surface area contributed by atoms with Crippen LogP contribution in [-0.4, -0.2) is 47.5 Å². The van der Waals surface area contributed by atoms with Crippen molar-refractivity contribution in [3.63, 3.8) is 0 Å². The Hall–Kier alpha value is -1.88. The van der Waals surface area contributed by atoms with Crippen LogP contribution in [0.2, 0.25) is 0 Å². The number of hydrogen-bond acceptors (Lipinski definition) is 3. The van der Waals surface area contributed by atoms with Gasteiger partial charge in [0.15, 0.2) is 0 Å². The van der Waals surface area contributed by atoms with Gasteiger partial charge in [-0.2, -0.15) is 0 Å². The zero-order chi connectivity index (χ0) is 13.9. The minimum atomic E-state index is 0.0900. The van der Waals surface area contributed by atoms with Gasteiger partial charge in [-0.05, 0) is 38.1 Å². The molecule has 1 aliphatic rings. The molecule has 1 fully saturated rings. The van der Waals surface area contributed by atoms with Crippen molar-refractivity contribution in [2.24, 2.45) is 0 Å². The Labute approximate surface area is 118 Å². The van der Waals surface area contributed by atoms with Crippen molar-refractivity contribution >= 4 is 16.9 Å². The Morgan fingerprint density at radius 2 is 2.15 bits per heavy atom. The summed E-state index contributed by atoms with van der Waals surface area (Å²) in [6.07, 6.45) is 2.10. The lowest BCUT2D eigenvalue weighted by Crippen LogP contribution is -2.40. The van der Waals surface area contributed by atoms with Crippen molar-refractivity contribution in [1.29, 1.82) is 0 Å². The van der Waals surface area contributed by atoms with Gasteiger partial charge in [-0.15, -0.1) is 0 Å². The second-order valence-corrected chi connectivity index (χ2v) is 5.36. The maximum absolute atomic E-state index is 11.4. The summed E-state index contributed by atoms with van der Waals surface area (Å²) in [7, 11) is 1.68. The Morgan fingerprint density at radius 3 is 2.85 bits per heavy atom. The van der Waals surface area contributed by atoms with E-state index in [4.69, 9.17) is 0 Å². The van der Waals surface area contributed by atoms with Gasteiger partial charge < -0.3 is 10.3 Å². The van der Waals surface area contributed by atoms with E-state index in [0.717, 1.165) is 42.8 Å². The standard InChI is InChI=1S/C15H20N4O/c1-16-14(20)10-19-8-6-11(7-9-19)15-17-12-4-2-3-5-13(12)18-15/h2-5,11H,6-10H2,1H3,(H,16,20)(H,17,18). The van der Waals surface area contributed by atoms with Crippen LogP contribution in [0.3, 0.4) is 0 Å². The highest BCUT2D eigenvalue weighted by atomic mass is 16.1. The zero-order valence-corrected chi connectivity index (χ0v) is 11.7. The van der Waals surface area contributed by atoms with Gasteiger partial charge in [-0.25, -0.2) is 4.98 Å². The van der Waals surface area contributed by atoms with Gasteiger partial charge >= 0.3 is 0 Å². The van der Waals surface area contributed by atoms with E-state index in [1.165, 1.54) is 0 Å². The van der Waals surface area contributed by atoms with Crippen molar-refractivity contribution in [2.75, 3.05) is 26.7 Å². The Balaban J connectivity index is 1.64. The number of likely N-dealkylation sites (N-methyl/N-ethyl adjacent to an activating group) is 1. The average Bonchev–Trinajstić information content (AvgIpc) is 2.91. The average molecular weight is 272 g/mol. The lowest BCUT2D eigenvalue weighted by Gasteiger charge is -2.30. The van der Waals surface area contributed by atoms with E-state index in [2.05, 4.69) is 26.3 Å². The SMILES string of the molecule is CNC(=O)CN1CCC(c2nc3ccccc3[nH]2)CC1. The summed E-state index contributed by atoms with van der Waals surface area (Å²) in [5, 5.41) is 2.67. The van der Waals surface area contributed by atoms with Crippen LogP contribution >= 0.6 is 0 Å². The zero-order valence-electron chi connectivity index (χ0n) is 11.7. The molecule has 2 aromatic rings. The molecule has 3 rings (SSSR count). The molecule has 2 heterocycles. The molecular formula is C15H20N4O. The highest BCUT2D eigenvalue weighted by Gasteiger charge is 2.23. The van der Waals surface area contributed by atoms with Crippen molar-refractivity contribution < 1.29 is 4.79 Å². The number of H-pyrrole nitrogens is 1. The number of carbonyl (C=O) groups excluding carboxylic acids is 1. The number of carbonyl (C=O) groups is 1. The van der Waals surface area contributed by atoms with E-state index < -0.39 is 0 Å². The van der Waals surface area contributed by atoms with E-state index in [1.807, 2.05) is 18.2 Å². The summed E-state index contributed by atoms with van der Waals surface area (Å²) in [5.74, 6) is 1.65. The molecule has 2 N–H and O–H groups in total. The van der Waals surface area contributed by atoms with Gasteiger partial charge in [0.1, 0.15) is 5.82 Å². The first kappa shape index (κ1) is 13.1. The summed E-state index contributed by atoms with van der Waals surface area (Å²) in [6, 6.07) is 8.14. The van der Waals surface area contributed by atoms with E-state index in [1.54, 1.807) is 7.05 Å². The number of benzene rings is 1. The summed E-state index contributed by atoms with van der Waals surface area (Å²) < 4.78 is 0. The molecule has 0 spiro atoms. The number of amides is 1. The molecule has 106 valence electrons. The van der Waals surface area contributed by atoms with Gasteiger partial charge in [0.25, 0.3) is 0 Å². The molecular weight excluding hydrogens is 252 g/mol. The van der Waals surface area contributed by atoms with Crippen molar-refractivity contribution in [1.82, 2.24) is 20.2 Å². The minimum absolute atomic E-state index is 0.0900. The minimum Gasteiger partial charge on any atom is -0.358 e. The van der Waals surface area contributed by atoms with Crippen LogP contribution in [0.15, 0.2) is 24.3 Å². The first-order valence-electron chi connectivity index (χ1n) is 7.14. The number of imidazole rings is 1. The fraction of sp³-hybridized carbons (Fsp3) is 0.467. The number of piperidine rings is 1. The molecule has 20 heavy (non-hydrogen) atoms. The van der Waals surface area contributed by atoms with Crippen LogP contribution in [0.5, 0.6) is 0 Å². The molecule has 5 nitrogen and oxygen atoms in total. The number of rotatable bonds is 3. The third-order valence-corrected chi connectivity index (χ3v) is 4.03. The van der Waals surface area contributed by atoms with Gasteiger partial charge in [-0.1, -0.05) is 12.1 Å². The summed E-state index contributed by atoms with van der Waals surface area (Å²) in [6.45, 7) is 2.41. The first-order valence-corrected chi connectivity index (χ1v) is 7.14. The van der Waals surface area contributed by atoms with E-state index in [-0.39, 0.29) is 5.91 Å². The summed E-state index contributed by atoms with van der Waals surface area (Å²) in [5.41, 5.74) is 2.14. The Kier molecular flexibility index (Phi) is 3.69. The molecule has 0 bridgehead atoms. The molecule has 0 radical (unpaired) electrons. The molecule has 0 aliphatic carbocycles. The number of para-hydroxylation sites is 2. The smallest absolute Gasteiger partial charge is 0.233 e. The van der Waals surface area contributed by atoms with E-state index in [0.29, 0.717) is 12.5 Å². The lowest BCUT2D eigenvalue weighted by atomic mass is 9.96. The monoisotopic (exact) mass is 272 g/mol. The second-order valence-electron chi connectivity index (χ2n) is 5.36. The Bertz CT molecular complexity index is 566. The normalized spacial score (nSPS) is 17.4. The van der Waals surface area contributed by atoms with Gasteiger partial charge in [0.2, 0.25) is 5.91 Å². The fourth-order valence-corrected chi connectivity index (χ4v) is 2.81. The number of nitrogens with one attached hydrogen (secondary N) is 2. The van der Waals surface area contributed by atoms with E-state index >= 15 is 0 Å². The summed E-state index contributed by atoms with van der Waals surface area (Å²) in [4.78, 5) is 21.7. The number of likely N-dealkylation sites (tertiary alicyclic amines) is 1. The van der Waals surface area contributed by atoms with Crippen LogP contribution in [0.4, 0.5) is 0 Å². The number of aromatic amines is 1. The van der Waals surface area contributed by atoms with Crippen molar-refractivity contribution in [3.8, 4) is 0 Å². The molecule has 1 aliphatic heterocycles. The maximum Gasteiger partial charge on any atom is 0.233 e. The van der Waals surface area contributed by atoms with Gasteiger partial charge in [0, 0.05) is 13.0 Å². The highest BCUT2D eigenvalue weighted by Crippen LogP contribution is 2.27. The van der Waals surface area contributed by atoms with Gasteiger partial charge in [-0.3, -0.25) is 9.69 Å². The third-order valence-electron chi connectivity index (χ3n) is 4.03. The van der Waals surface area contributed by atoms with Crippen LogP contribution in [0.1, 0.15) is 24.6 Å². The van der Waals surface area contributed by atoms with E-state index in [9.17, 15) is 4.79 Å². The molecule has 0 atom stereocenters. The van der Waals surface area contributed by atoms with Crippen molar-refractivity contribution in [2.45, 2.75) is 18.8 Å². The quantitative estimate of drug-likeness (QED) is 0.890. The number of nitrogens with zero attached hydrogens (tertiary/aromatic N) is 2. The number of hydrogen-bond donors (Lipinski definition) is 2. The number of fused-ring (bicyclic) bond motifs is 1. The maximum atomic E-state index is 11.4. The van der Waals surface area contributed by atoms with Crippen LogP contribution in [0.25, 0.3) is 11.0 Å².